The third-order valence-electron chi connectivity index (χ3n) is 8.04. The van der Waals surface area contributed by atoms with Gasteiger partial charge in [0, 0.05) is 42.2 Å². The number of rotatable bonds is 4. The first-order chi connectivity index (χ1) is 16.8. The van der Waals surface area contributed by atoms with Gasteiger partial charge in [-0.3, -0.25) is 4.21 Å². The average molecular weight is 490 g/mol. The molecule has 2 aliphatic carbocycles. The monoisotopic (exact) mass is 489 g/mol. The first-order valence-corrected chi connectivity index (χ1v) is 13.3. The fourth-order valence-corrected chi connectivity index (χ4v) is 6.31. The van der Waals surface area contributed by atoms with Gasteiger partial charge >= 0.3 is 0 Å². The summed E-state index contributed by atoms with van der Waals surface area (Å²) in [6.07, 6.45) is 2.81. The maximum atomic E-state index is 11.2. The van der Waals surface area contributed by atoms with Crippen molar-refractivity contribution >= 4 is 11.3 Å². The molecule has 3 aromatic rings. The van der Waals surface area contributed by atoms with Crippen LogP contribution < -0.4 is 0 Å². The minimum Gasteiger partial charge on any atom is -0.760 e. The highest BCUT2D eigenvalue weighted by Gasteiger charge is 2.53. The summed E-state index contributed by atoms with van der Waals surface area (Å²) in [7, 11) is 2.92. The predicted octanol–water partition coefficient (Wildman–Crippen LogP) is 4.15. The van der Waals surface area contributed by atoms with E-state index in [0.717, 1.165) is 42.3 Å². The van der Waals surface area contributed by atoms with Crippen molar-refractivity contribution in [3.8, 4) is 0 Å². The van der Waals surface area contributed by atoms with E-state index in [2.05, 4.69) is 65.6 Å². The standard InChI is InChI=1S/C27H27NO.C2H7NO2S/c29-27(20-8-2-1-3-9-20)14-16-28(17-15-27)19-26-18-23(21-10-4-6-12-24(21)26)22-11-5-7-13-25(22)26;1-3(2)6(4)5/h1-13,23,29H,14-19H2;1-2H3,(H,4,5)/p-1. The summed E-state index contributed by atoms with van der Waals surface area (Å²) >= 11 is -2.03. The average Bonchev–Trinajstić information content (AvgIpc) is 3.39. The first-order valence-electron chi connectivity index (χ1n) is 12.3. The van der Waals surface area contributed by atoms with Crippen LogP contribution in [0.3, 0.4) is 0 Å². The summed E-state index contributed by atoms with van der Waals surface area (Å²) in [6, 6.07) is 28.4. The molecule has 0 radical (unpaired) electrons. The number of aliphatic hydroxyl groups is 1. The highest BCUT2D eigenvalue weighted by Crippen LogP contribution is 2.60. The van der Waals surface area contributed by atoms with Crippen molar-refractivity contribution in [3.05, 3.63) is 107 Å². The van der Waals surface area contributed by atoms with Gasteiger partial charge in [-0.05, 0) is 61.2 Å². The molecule has 1 N–H and O–H groups in total. The van der Waals surface area contributed by atoms with E-state index in [-0.39, 0.29) is 5.41 Å². The molecule has 35 heavy (non-hydrogen) atoms. The number of nitrogens with zero attached hydrogens (tertiary/aromatic N) is 2. The molecule has 0 aromatic heterocycles. The van der Waals surface area contributed by atoms with Crippen molar-refractivity contribution in [2.45, 2.75) is 36.2 Å². The number of hydrogen-bond acceptors (Lipinski definition) is 4. The van der Waals surface area contributed by atoms with E-state index in [0.29, 0.717) is 5.92 Å². The van der Waals surface area contributed by atoms with Gasteiger partial charge in [0.1, 0.15) is 0 Å². The molecule has 5 nitrogen and oxygen atoms in total. The second kappa shape index (κ2) is 9.60. The number of likely N-dealkylation sites (tertiary alicyclic amines) is 1. The number of benzene rings is 3. The number of fused-ring (bicyclic) bond motifs is 8. The molecule has 1 unspecified atom stereocenters. The van der Waals surface area contributed by atoms with Crippen LogP contribution in [0.4, 0.5) is 0 Å². The predicted molar refractivity (Wildman–Crippen MR) is 139 cm³/mol. The zero-order valence-corrected chi connectivity index (χ0v) is 21.2. The van der Waals surface area contributed by atoms with E-state index < -0.39 is 16.9 Å². The first kappa shape index (κ1) is 24.3. The minimum atomic E-state index is -2.03. The molecule has 1 atom stereocenters. The third-order valence-corrected chi connectivity index (χ3v) is 8.64. The quantitative estimate of drug-likeness (QED) is 0.559. The van der Waals surface area contributed by atoms with E-state index >= 15 is 0 Å². The van der Waals surface area contributed by atoms with Gasteiger partial charge in [-0.15, -0.1) is 0 Å². The fourth-order valence-electron chi connectivity index (χ4n) is 6.31. The Morgan fingerprint density at radius 3 is 1.91 bits per heavy atom. The van der Waals surface area contributed by atoms with Crippen LogP contribution in [0.15, 0.2) is 78.9 Å². The van der Waals surface area contributed by atoms with Gasteiger partial charge in [0.15, 0.2) is 0 Å². The molecule has 0 amide bonds. The molecule has 6 heteroatoms. The van der Waals surface area contributed by atoms with Crippen molar-refractivity contribution in [2.75, 3.05) is 33.7 Å². The summed E-state index contributed by atoms with van der Waals surface area (Å²) in [4.78, 5) is 2.60. The van der Waals surface area contributed by atoms with Crippen LogP contribution in [0.2, 0.25) is 0 Å². The lowest BCUT2D eigenvalue weighted by Gasteiger charge is -2.42. The summed E-state index contributed by atoms with van der Waals surface area (Å²) in [6.45, 7) is 2.95. The van der Waals surface area contributed by atoms with E-state index in [4.69, 9.17) is 0 Å². The highest BCUT2D eigenvalue weighted by atomic mass is 32.2. The Balaban J connectivity index is 0.000000380. The van der Waals surface area contributed by atoms with E-state index in [1.165, 1.54) is 42.8 Å². The maximum absolute atomic E-state index is 11.2. The molecule has 1 fully saturated rings. The smallest absolute Gasteiger partial charge is 0.0920 e. The second-order valence-corrected chi connectivity index (χ2v) is 11.4. The Morgan fingerprint density at radius 2 is 1.40 bits per heavy atom. The molecule has 1 heterocycles. The van der Waals surface area contributed by atoms with Crippen molar-refractivity contribution in [1.29, 1.82) is 0 Å². The van der Waals surface area contributed by atoms with Gasteiger partial charge in [-0.25, -0.2) is 4.31 Å². The van der Waals surface area contributed by atoms with Crippen molar-refractivity contribution < 1.29 is 13.9 Å². The summed E-state index contributed by atoms with van der Waals surface area (Å²) in [5.74, 6) is 0.549. The lowest BCUT2D eigenvalue weighted by atomic mass is 9.74. The molecule has 1 saturated heterocycles. The SMILES string of the molecule is CN(C)S(=O)[O-].OC1(c2ccccc2)CCN(CC23CC(c4ccccc42)c2ccccc23)CC1. The minimum absolute atomic E-state index is 0.111. The number of hydrogen-bond donors (Lipinski definition) is 1. The molecule has 3 aliphatic rings. The Kier molecular flexibility index (Phi) is 6.68. The Bertz CT molecular complexity index is 1160. The van der Waals surface area contributed by atoms with E-state index in [9.17, 15) is 13.9 Å². The fraction of sp³-hybridized carbons (Fsp3) is 0.379. The van der Waals surface area contributed by atoms with Gasteiger partial charge in [0.2, 0.25) is 0 Å². The summed E-state index contributed by atoms with van der Waals surface area (Å²) in [5.41, 5.74) is 6.63. The van der Waals surface area contributed by atoms with Gasteiger partial charge in [-0.1, -0.05) is 78.9 Å². The Hall–Kier alpha value is -2.35. The molecular weight excluding hydrogens is 456 g/mol. The lowest BCUT2D eigenvalue weighted by Crippen LogP contribution is -2.47. The number of piperidine rings is 1. The van der Waals surface area contributed by atoms with Crippen LogP contribution >= 0.6 is 0 Å². The van der Waals surface area contributed by atoms with E-state index in [1.54, 1.807) is 0 Å². The molecule has 2 bridgehead atoms. The molecule has 6 rings (SSSR count). The zero-order valence-electron chi connectivity index (χ0n) is 20.4. The van der Waals surface area contributed by atoms with Gasteiger partial charge < -0.3 is 14.6 Å². The molecule has 0 spiro atoms. The highest BCUT2D eigenvalue weighted by molar-refractivity contribution is 7.76. The van der Waals surface area contributed by atoms with Gasteiger partial charge in [0.25, 0.3) is 0 Å². The largest absolute Gasteiger partial charge is 0.760 e. The summed E-state index contributed by atoms with van der Waals surface area (Å²) in [5, 5.41) is 11.2. The molecule has 1 aliphatic heterocycles. The Labute approximate surface area is 210 Å². The van der Waals surface area contributed by atoms with Gasteiger partial charge in [0.05, 0.1) is 5.60 Å². The zero-order chi connectivity index (χ0) is 24.6. The maximum Gasteiger partial charge on any atom is 0.0920 e. The normalized spacial score (nSPS) is 24.9. The molecule has 0 saturated carbocycles. The van der Waals surface area contributed by atoms with Crippen LogP contribution in [-0.2, 0) is 22.3 Å². The molecule has 184 valence electrons. The molecular formula is C29H33N2O3S-. The molecule has 3 aromatic carbocycles. The van der Waals surface area contributed by atoms with Crippen molar-refractivity contribution in [2.24, 2.45) is 0 Å². The van der Waals surface area contributed by atoms with Crippen LogP contribution in [0.25, 0.3) is 0 Å². The van der Waals surface area contributed by atoms with Gasteiger partial charge in [-0.2, -0.15) is 0 Å². The topological polar surface area (TPSA) is 66.8 Å². The van der Waals surface area contributed by atoms with Crippen LogP contribution in [0, 0.1) is 0 Å². The Morgan fingerprint density at radius 1 is 0.914 bits per heavy atom. The van der Waals surface area contributed by atoms with Crippen molar-refractivity contribution in [1.82, 2.24) is 9.21 Å². The third kappa shape index (κ3) is 4.39. The van der Waals surface area contributed by atoms with Crippen LogP contribution in [0.5, 0.6) is 0 Å². The van der Waals surface area contributed by atoms with Crippen LogP contribution in [-0.4, -0.2) is 56.8 Å². The van der Waals surface area contributed by atoms with E-state index in [1.807, 2.05) is 18.2 Å². The lowest BCUT2D eigenvalue weighted by molar-refractivity contribution is -0.0289. The van der Waals surface area contributed by atoms with Crippen molar-refractivity contribution in [3.63, 3.8) is 0 Å². The second-order valence-electron chi connectivity index (χ2n) is 10.2. The summed E-state index contributed by atoms with van der Waals surface area (Å²) < 4.78 is 20.3. The van der Waals surface area contributed by atoms with Crippen LogP contribution in [0.1, 0.15) is 53.0 Å².